The molecule has 1 heteroatoms. The van der Waals surface area contributed by atoms with Gasteiger partial charge < -0.3 is 4.57 Å². The van der Waals surface area contributed by atoms with E-state index in [4.69, 9.17) is 0 Å². The Morgan fingerprint density at radius 3 is 2.69 bits per heavy atom. The molecule has 0 N–H and O–H groups in total. The van der Waals surface area contributed by atoms with Gasteiger partial charge in [0.2, 0.25) is 0 Å². The average Bonchev–Trinajstić information content (AvgIpc) is 2.75. The first-order chi connectivity index (χ1) is 7.86. The highest BCUT2D eigenvalue weighted by atomic mass is 15.0. The summed E-state index contributed by atoms with van der Waals surface area (Å²) in [6.45, 7) is 2.22. The predicted molar refractivity (Wildman–Crippen MR) is 68.8 cm³/mol. The smallest absolute Gasteiger partial charge is 0.0512 e. The SMILES string of the molecule is Cc1cccc2ccn(C3CCCCC3)c12. The van der Waals surface area contributed by atoms with Crippen molar-refractivity contribution in [1.82, 2.24) is 4.57 Å². The van der Waals surface area contributed by atoms with Crippen molar-refractivity contribution in [3.63, 3.8) is 0 Å². The number of aromatic nitrogens is 1. The molecule has 0 bridgehead atoms. The van der Waals surface area contributed by atoms with Crippen LogP contribution in [0.1, 0.15) is 43.7 Å². The molecule has 1 nitrogen and oxygen atoms in total. The Kier molecular flexibility index (Phi) is 2.47. The molecule has 0 unspecified atom stereocenters. The van der Waals surface area contributed by atoms with E-state index in [1.807, 2.05) is 0 Å². The molecule has 3 rings (SSSR count). The second-order valence-corrected chi connectivity index (χ2v) is 5.03. The lowest BCUT2D eigenvalue weighted by Crippen LogP contribution is -2.11. The van der Waals surface area contributed by atoms with Crippen molar-refractivity contribution in [3.05, 3.63) is 36.0 Å². The van der Waals surface area contributed by atoms with Gasteiger partial charge in [0.05, 0.1) is 5.52 Å². The molecule has 1 aliphatic rings. The molecule has 0 spiro atoms. The molecule has 1 fully saturated rings. The number of aryl methyl sites for hydroxylation is 1. The maximum absolute atomic E-state index is 2.52. The summed E-state index contributed by atoms with van der Waals surface area (Å²) in [6, 6.07) is 9.61. The summed E-state index contributed by atoms with van der Waals surface area (Å²) < 4.78 is 2.52. The van der Waals surface area contributed by atoms with Crippen LogP contribution in [0.25, 0.3) is 10.9 Å². The van der Waals surface area contributed by atoms with Crippen LogP contribution in [0, 0.1) is 6.92 Å². The summed E-state index contributed by atoms with van der Waals surface area (Å²) in [5, 5.41) is 1.39. The fourth-order valence-electron chi connectivity index (χ4n) is 3.07. The maximum Gasteiger partial charge on any atom is 0.0512 e. The quantitative estimate of drug-likeness (QED) is 0.659. The molecule has 0 amide bonds. The largest absolute Gasteiger partial charge is 0.344 e. The molecule has 1 saturated carbocycles. The van der Waals surface area contributed by atoms with E-state index in [2.05, 4.69) is 42.0 Å². The molecular weight excluding hydrogens is 194 g/mol. The van der Waals surface area contributed by atoms with E-state index < -0.39 is 0 Å². The van der Waals surface area contributed by atoms with Crippen LogP contribution < -0.4 is 0 Å². The van der Waals surface area contributed by atoms with Crippen molar-refractivity contribution < 1.29 is 0 Å². The summed E-state index contributed by atoms with van der Waals surface area (Å²) in [5.41, 5.74) is 2.86. The summed E-state index contributed by atoms with van der Waals surface area (Å²) in [4.78, 5) is 0. The Morgan fingerprint density at radius 2 is 1.88 bits per heavy atom. The number of benzene rings is 1. The van der Waals surface area contributed by atoms with E-state index in [0.29, 0.717) is 0 Å². The molecule has 2 aromatic rings. The van der Waals surface area contributed by atoms with Crippen molar-refractivity contribution in [3.8, 4) is 0 Å². The van der Waals surface area contributed by atoms with Gasteiger partial charge in [0.15, 0.2) is 0 Å². The van der Waals surface area contributed by atoms with Gasteiger partial charge in [-0.1, -0.05) is 37.5 Å². The number of rotatable bonds is 1. The molecule has 16 heavy (non-hydrogen) atoms. The molecule has 0 atom stereocenters. The van der Waals surface area contributed by atoms with E-state index in [1.165, 1.54) is 48.6 Å². The van der Waals surface area contributed by atoms with Crippen molar-refractivity contribution in [2.75, 3.05) is 0 Å². The molecular formula is C15H19N. The zero-order valence-electron chi connectivity index (χ0n) is 9.95. The van der Waals surface area contributed by atoms with Crippen LogP contribution in [0.15, 0.2) is 30.5 Å². The summed E-state index contributed by atoms with van der Waals surface area (Å²) in [5.74, 6) is 0. The summed E-state index contributed by atoms with van der Waals surface area (Å²) >= 11 is 0. The highest BCUT2D eigenvalue weighted by molar-refractivity contribution is 5.83. The molecule has 1 aliphatic carbocycles. The minimum absolute atomic E-state index is 0.743. The van der Waals surface area contributed by atoms with Crippen molar-refractivity contribution in [2.24, 2.45) is 0 Å². The standard InChI is InChI=1S/C15H19N/c1-12-6-5-7-13-10-11-16(15(12)13)14-8-3-2-4-9-14/h5-7,10-11,14H,2-4,8-9H2,1H3. The molecule has 0 radical (unpaired) electrons. The molecule has 0 aliphatic heterocycles. The molecule has 1 heterocycles. The summed E-state index contributed by atoms with van der Waals surface area (Å²) in [6.07, 6.45) is 9.23. The van der Waals surface area contributed by atoms with Crippen LogP contribution in [-0.2, 0) is 0 Å². The topological polar surface area (TPSA) is 4.93 Å². The third-order valence-electron chi connectivity index (χ3n) is 3.91. The Hall–Kier alpha value is -1.24. The van der Waals surface area contributed by atoms with Gasteiger partial charge in [-0.3, -0.25) is 0 Å². The third kappa shape index (κ3) is 1.55. The van der Waals surface area contributed by atoms with E-state index in [-0.39, 0.29) is 0 Å². The molecule has 84 valence electrons. The highest BCUT2D eigenvalue weighted by Crippen LogP contribution is 2.32. The van der Waals surface area contributed by atoms with Gasteiger partial charge in [-0.25, -0.2) is 0 Å². The second-order valence-electron chi connectivity index (χ2n) is 5.03. The first-order valence-electron chi connectivity index (χ1n) is 6.42. The van der Waals surface area contributed by atoms with Gasteiger partial charge >= 0.3 is 0 Å². The fourth-order valence-corrected chi connectivity index (χ4v) is 3.07. The fraction of sp³-hybridized carbons (Fsp3) is 0.467. The van der Waals surface area contributed by atoms with Crippen LogP contribution in [-0.4, -0.2) is 4.57 Å². The first-order valence-corrected chi connectivity index (χ1v) is 6.42. The number of nitrogens with zero attached hydrogens (tertiary/aromatic N) is 1. The van der Waals surface area contributed by atoms with Crippen molar-refractivity contribution >= 4 is 10.9 Å². The lowest BCUT2D eigenvalue weighted by atomic mass is 9.95. The van der Waals surface area contributed by atoms with Gasteiger partial charge in [0.1, 0.15) is 0 Å². The van der Waals surface area contributed by atoms with Crippen molar-refractivity contribution in [1.29, 1.82) is 0 Å². The van der Waals surface area contributed by atoms with Crippen LogP contribution >= 0.6 is 0 Å². The minimum atomic E-state index is 0.743. The van der Waals surface area contributed by atoms with E-state index >= 15 is 0 Å². The zero-order chi connectivity index (χ0) is 11.0. The Balaban J connectivity index is 2.09. The lowest BCUT2D eigenvalue weighted by Gasteiger charge is -2.24. The average molecular weight is 213 g/mol. The van der Waals surface area contributed by atoms with Gasteiger partial charge in [-0.15, -0.1) is 0 Å². The van der Waals surface area contributed by atoms with E-state index in [0.717, 1.165) is 6.04 Å². The summed E-state index contributed by atoms with van der Waals surface area (Å²) in [7, 11) is 0. The van der Waals surface area contributed by atoms with Gasteiger partial charge in [-0.2, -0.15) is 0 Å². The van der Waals surface area contributed by atoms with E-state index in [9.17, 15) is 0 Å². The normalized spacial score (nSPS) is 18.1. The van der Waals surface area contributed by atoms with Gasteiger partial charge in [0, 0.05) is 12.2 Å². The van der Waals surface area contributed by atoms with Crippen LogP contribution in [0.4, 0.5) is 0 Å². The molecule has 1 aromatic carbocycles. The van der Waals surface area contributed by atoms with Crippen LogP contribution in [0.3, 0.4) is 0 Å². The minimum Gasteiger partial charge on any atom is -0.344 e. The van der Waals surface area contributed by atoms with Crippen molar-refractivity contribution in [2.45, 2.75) is 45.1 Å². The predicted octanol–water partition coefficient (Wildman–Crippen LogP) is 4.45. The van der Waals surface area contributed by atoms with E-state index in [1.54, 1.807) is 0 Å². The zero-order valence-corrected chi connectivity index (χ0v) is 9.95. The monoisotopic (exact) mass is 213 g/mol. The Bertz CT molecular complexity index is 489. The second kappa shape index (κ2) is 3.97. The van der Waals surface area contributed by atoms with Crippen LogP contribution in [0.2, 0.25) is 0 Å². The van der Waals surface area contributed by atoms with Crippen LogP contribution in [0.5, 0.6) is 0 Å². The maximum atomic E-state index is 2.52. The number of para-hydroxylation sites is 1. The Labute approximate surface area is 97.1 Å². The highest BCUT2D eigenvalue weighted by Gasteiger charge is 2.16. The lowest BCUT2D eigenvalue weighted by molar-refractivity contribution is 0.360. The van der Waals surface area contributed by atoms with Gasteiger partial charge in [0.25, 0.3) is 0 Å². The molecule has 0 saturated heterocycles. The van der Waals surface area contributed by atoms with Gasteiger partial charge in [-0.05, 0) is 36.8 Å². The first kappa shape index (κ1) is 9.95. The Morgan fingerprint density at radius 1 is 1.06 bits per heavy atom. The third-order valence-corrected chi connectivity index (χ3v) is 3.91. The number of hydrogen-bond acceptors (Lipinski definition) is 0. The number of fused-ring (bicyclic) bond motifs is 1. The number of hydrogen-bond donors (Lipinski definition) is 0. The molecule has 1 aromatic heterocycles.